The number of halogens is 2. The summed E-state index contributed by atoms with van der Waals surface area (Å²) in [5.41, 5.74) is 11.9. The summed E-state index contributed by atoms with van der Waals surface area (Å²) in [6.07, 6.45) is 10.9. The first-order valence-corrected chi connectivity index (χ1v) is 13.5. The van der Waals surface area contributed by atoms with Crippen molar-refractivity contribution in [1.29, 1.82) is 0 Å². The molecule has 1 heterocycles. The number of nitrogens with zero attached hydrogens (tertiary/aromatic N) is 1. The maximum absolute atomic E-state index is 14.3. The third-order valence-corrected chi connectivity index (χ3v) is 7.22. The second-order valence-electron chi connectivity index (χ2n) is 9.62. The molecular weight excluding hydrogens is 472 g/mol. The van der Waals surface area contributed by atoms with Gasteiger partial charge in [0.1, 0.15) is 11.3 Å². The standard InChI is InChI=1S/C33H33F2N.C2H6/c1-7-9-10-27-21(4)15-22(5)28(32(27)29-16-24(8-2)12-11-20(29)3)14-13-25-19-36-33-30(23(25)6)17-26(34)18-31(33)35;1-2/h7,9-12,16-19H,1,5,8,13-15H2,2-4,6H3;1-2H3/b10-9-;. The van der Waals surface area contributed by atoms with Crippen LogP contribution in [-0.2, 0) is 12.8 Å². The van der Waals surface area contributed by atoms with Crippen LogP contribution in [0.25, 0.3) is 16.5 Å². The lowest BCUT2D eigenvalue weighted by Crippen LogP contribution is -2.09. The molecule has 0 bridgehead atoms. The van der Waals surface area contributed by atoms with Crippen LogP contribution in [-0.4, -0.2) is 4.98 Å². The zero-order valence-corrected chi connectivity index (χ0v) is 23.6. The van der Waals surface area contributed by atoms with E-state index in [1.807, 2.05) is 26.8 Å². The first-order valence-electron chi connectivity index (χ1n) is 13.5. The van der Waals surface area contributed by atoms with Crippen LogP contribution in [0.3, 0.4) is 0 Å². The van der Waals surface area contributed by atoms with Crippen molar-refractivity contribution in [2.75, 3.05) is 0 Å². The molecule has 1 aromatic heterocycles. The molecule has 0 aliphatic heterocycles. The smallest absolute Gasteiger partial charge is 0.152 e. The van der Waals surface area contributed by atoms with Crippen molar-refractivity contribution in [3.8, 4) is 0 Å². The Hall–Kier alpha value is -3.59. The molecule has 0 saturated heterocycles. The molecule has 0 N–H and O–H groups in total. The molecule has 38 heavy (non-hydrogen) atoms. The van der Waals surface area contributed by atoms with Gasteiger partial charge in [0.05, 0.1) is 0 Å². The molecule has 0 unspecified atom stereocenters. The van der Waals surface area contributed by atoms with Gasteiger partial charge < -0.3 is 0 Å². The van der Waals surface area contributed by atoms with Crippen LogP contribution in [0.5, 0.6) is 0 Å². The van der Waals surface area contributed by atoms with E-state index in [9.17, 15) is 8.78 Å². The van der Waals surface area contributed by atoms with Crippen molar-refractivity contribution in [2.24, 2.45) is 0 Å². The van der Waals surface area contributed by atoms with Crippen molar-refractivity contribution in [2.45, 2.75) is 67.2 Å². The Labute approximate surface area is 227 Å². The molecule has 0 fully saturated rings. The van der Waals surface area contributed by atoms with Crippen LogP contribution in [0, 0.1) is 25.5 Å². The summed E-state index contributed by atoms with van der Waals surface area (Å²) >= 11 is 0. The summed E-state index contributed by atoms with van der Waals surface area (Å²) in [6.45, 7) is 20.7. The summed E-state index contributed by atoms with van der Waals surface area (Å²) in [5, 5.41) is 0.526. The maximum atomic E-state index is 14.3. The molecule has 2 aromatic carbocycles. The largest absolute Gasteiger partial charge is 0.253 e. The molecular formula is C35H39F2N. The number of hydrogen-bond donors (Lipinski definition) is 0. The number of aromatic nitrogens is 1. The van der Waals surface area contributed by atoms with Crippen LogP contribution in [0.2, 0.25) is 0 Å². The second-order valence-corrected chi connectivity index (χ2v) is 9.62. The number of fused-ring (bicyclic) bond motifs is 1. The SMILES string of the molecule is C=C/C=C\C1=C(C)CC(=C)C(CCc2cnc3c(F)cc(F)cc3c2C)=C1c1cc(CC)ccc1C.CC. The lowest BCUT2D eigenvalue weighted by atomic mass is 9.77. The van der Waals surface area contributed by atoms with Gasteiger partial charge in [-0.2, -0.15) is 0 Å². The molecule has 1 nitrogen and oxygen atoms in total. The average Bonchev–Trinajstić information content (AvgIpc) is 2.90. The summed E-state index contributed by atoms with van der Waals surface area (Å²) in [6, 6.07) is 8.94. The minimum Gasteiger partial charge on any atom is -0.253 e. The zero-order chi connectivity index (χ0) is 28.0. The lowest BCUT2D eigenvalue weighted by molar-refractivity contribution is 0.590. The van der Waals surface area contributed by atoms with Crippen LogP contribution < -0.4 is 0 Å². The van der Waals surface area contributed by atoms with Gasteiger partial charge >= 0.3 is 0 Å². The summed E-state index contributed by atoms with van der Waals surface area (Å²) in [4.78, 5) is 4.34. The van der Waals surface area contributed by atoms with Gasteiger partial charge in [-0.05, 0) is 103 Å². The van der Waals surface area contributed by atoms with Gasteiger partial charge in [-0.25, -0.2) is 8.78 Å². The van der Waals surface area contributed by atoms with Crippen LogP contribution in [0.1, 0.15) is 68.4 Å². The molecule has 3 heteroatoms. The summed E-state index contributed by atoms with van der Waals surface area (Å²) < 4.78 is 28.2. The third kappa shape index (κ3) is 5.93. The fourth-order valence-electron chi connectivity index (χ4n) is 5.14. The number of hydrogen-bond acceptors (Lipinski definition) is 1. The Morgan fingerprint density at radius 1 is 1.03 bits per heavy atom. The normalized spacial score (nSPS) is 13.8. The van der Waals surface area contributed by atoms with E-state index in [2.05, 4.69) is 63.2 Å². The number of rotatable bonds is 7. The predicted octanol–water partition coefficient (Wildman–Crippen LogP) is 10.1. The molecule has 0 spiro atoms. The number of pyridine rings is 1. The zero-order valence-electron chi connectivity index (χ0n) is 23.6. The molecule has 0 radical (unpaired) electrons. The van der Waals surface area contributed by atoms with Gasteiger partial charge in [0, 0.05) is 17.6 Å². The molecule has 1 aliphatic rings. The Bertz CT molecular complexity index is 1470. The number of allylic oxidation sites excluding steroid dienone is 8. The highest BCUT2D eigenvalue weighted by Gasteiger charge is 2.24. The van der Waals surface area contributed by atoms with Gasteiger partial charge in [0.2, 0.25) is 0 Å². The topological polar surface area (TPSA) is 12.9 Å². The molecule has 4 rings (SSSR count). The molecule has 0 atom stereocenters. The van der Waals surface area contributed by atoms with Crippen molar-refractivity contribution < 1.29 is 8.78 Å². The van der Waals surface area contributed by atoms with E-state index in [-0.39, 0.29) is 5.52 Å². The molecule has 198 valence electrons. The Morgan fingerprint density at radius 3 is 2.45 bits per heavy atom. The van der Waals surface area contributed by atoms with E-state index in [4.69, 9.17) is 0 Å². The number of benzene rings is 2. The van der Waals surface area contributed by atoms with Crippen molar-refractivity contribution >= 4 is 16.5 Å². The predicted molar refractivity (Wildman–Crippen MR) is 159 cm³/mol. The minimum atomic E-state index is -0.629. The van der Waals surface area contributed by atoms with Crippen molar-refractivity contribution in [3.05, 3.63) is 130 Å². The van der Waals surface area contributed by atoms with Gasteiger partial charge in [-0.1, -0.05) is 75.9 Å². The Morgan fingerprint density at radius 2 is 1.76 bits per heavy atom. The highest BCUT2D eigenvalue weighted by Crippen LogP contribution is 2.43. The average molecular weight is 512 g/mol. The highest BCUT2D eigenvalue weighted by molar-refractivity contribution is 5.90. The van der Waals surface area contributed by atoms with Crippen LogP contribution in [0.4, 0.5) is 8.78 Å². The minimum absolute atomic E-state index is 0.210. The fourth-order valence-corrected chi connectivity index (χ4v) is 5.14. The Balaban J connectivity index is 0.00000195. The van der Waals surface area contributed by atoms with E-state index in [0.29, 0.717) is 11.8 Å². The highest BCUT2D eigenvalue weighted by atomic mass is 19.1. The van der Waals surface area contributed by atoms with E-state index in [1.165, 1.54) is 45.0 Å². The van der Waals surface area contributed by atoms with E-state index in [1.54, 1.807) is 12.3 Å². The summed E-state index contributed by atoms with van der Waals surface area (Å²) in [5.74, 6) is -1.21. The molecule has 0 saturated carbocycles. The lowest BCUT2D eigenvalue weighted by Gasteiger charge is -2.28. The first-order chi connectivity index (χ1) is 18.2. The quantitative estimate of drug-likeness (QED) is 0.288. The maximum Gasteiger partial charge on any atom is 0.152 e. The van der Waals surface area contributed by atoms with Gasteiger partial charge in [-0.15, -0.1) is 0 Å². The van der Waals surface area contributed by atoms with Crippen LogP contribution in [0.15, 0.2) is 90.2 Å². The fraction of sp³-hybridized carbons (Fsp3) is 0.286. The van der Waals surface area contributed by atoms with Crippen LogP contribution >= 0.6 is 0 Å². The first kappa shape index (κ1) is 29.0. The van der Waals surface area contributed by atoms with Crippen molar-refractivity contribution in [3.63, 3.8) is 0 Å². The van der Waals surface area contributed by atoms with Crippen molar-refractivity contribution in [1.82, 2.24) is 4.98 Å². The van der Waals surface area contributed by atoms with Gasteiger partial charge in [-0.3, -0.25) is 4.98 Å². The van der Waals surface area contributed by atoms with E-state index in [0.717, 1.165) is 42.0 Å². The van der Waals surface area contributed by atoms with Gasteiger partial charge in [0.15, 0.2) is 5.82 Å². The second kappa shape index (κ2) is 12.8. The monoisotopic (exact) mass is 511 g/mol. The Kier molecular flexibility index (Phi) is 9.74. The summed E-state index contributed by atoms with van der Waals surface area (Å²) in [7, 11) is 0. The van der Waals surface area contributed by atoms with E-state index < -0.39 is 11.6 Å². The molecule has 1 aliphatic carbocycles. The third-order valence-electron chi connectivity index (χ3n) is 7.22. The van der Waals surface area contributed by atoms with Gasteiger partial charge in [0.25, 0.3) is 0 Å². The molecule has 3 aromatic rings. The number of aryl methyl sites for hydroxylation is 4. The molecule has 0 amide bonds. The van der Waals surface area contributed by atoms with E-state index >= 15 is 0 Å².